The molecule has 5 N–H and O–H groups in total. The molecule has 0 atom stereocenters. The van der Waals surface area contributed by atoms with Crippen molar-refractivity contribution in [2.24, 2.45) is 0 Å². The normalized spacial score (nSPS) is 6.72. The fourth-order valence-corrected chi connectivity index (χ4v) is 0.498. The average molecular weight is 477 g/mol. The van der Waals surface area contributed by atoms with Crippen molar-refractivity contribution in [2.45, 2.75) is 20.8 Å². The van der Waals surface area contributed by atoms with E-state index in [1.54, 1.807) is 6.20 Å². The van der Waals surface area contributed by atoms with Gasteiger partial charge in [0.05, 0.1) is 0 Å². The Morgan fingerprint density at radius 3 is 1.78 bits per heavy atom. The van der Waals surface area contributed by atoms with Crippen LogP contribution in [0, 0.1) is 6.92 Å². The molecule has 0 aliphatic rings. The summed E-state index contributed by atoms with van der Waals surface area (Å²) in [5.74, 6) is 0.618. The SMILES string of the molecule is C[C-]=O.C[C-]=O.Cc1cccnc1N.N.[Cl][Pt+2][Cl]. The van der Waals surface area contributed by atoms with Crippen LogP contribution in [-0.4, -0.2) is 17.6 Å². The fraction of sp³-hybridized carbons (Fsp3) is 0.300. The molecule has 0 unspecified atom stereocenters. The number of anilines is 1. The van der Waals surface area contributed by atoms with Gasteiger partial charge in [-0.05, 0) is 18.6 Å². The van der Waals surface area contributed by atoms with E-state index < -0.39 is 16.5 Å². The summed E-state index contributed by atoms with van der Waals surface area (Å²) in [7, 11) is 9.75. The van der Waals surface area contributed by atoms with E-state index in [1.165, 1.54) is 26.4 Å². The summed E-state index contributed by atoms with van der Waals surface area (Å²) in [6.07, 6.45) is 4.68. The van der Waals surface area contributed by atoms with Gasteiger partial charge >= 0.3 is 35.3 Å². The number of nitrogens with two attached hydrogens (primary N) is 1. The molecule has 0 aliphatic carbocycles. The van der Waals surface area contributed by atoms with Crippen molar-refractivity contribution < 1.29 is 26.1 Å². The molecule has 0 fully saturated rings. The Hall–Kier alpha value is -0.482. The zero-order chi connectivity index (χ0) is 14.1. The van der Waals surface area contributed by atoms with Crippen molar-refractivity contribution in [1.82, 2.24) is 11.1 Å². The molecule has 0 aromatic carbocycles. The third-order valence-corrected chi connectivity index (χ3v) is 1.05. The number of carbonyl (C=O) groups excluding carboxylic acids is 2. The van der Waals surface area contributed by atoms with E-state index in [1.807, 2.05) is 19.1 Å². The molecule has 0 saturated heterocycles. The monoisotopic (exact) mass is 476 g/mol. The van der Waals surface area contributed by atoms with Crippen LogP contribution in [0.25, 0.3) is 0 Å². The van der Waals surface area contributed by atoms with Crippen LogP contribution in [0.5, 0.6) is 0 Å². The van der Waals surface area contributed by atoms with E-state index in [0.29, 0.717) is 5.82 Å². The molecule has 108 valence electrons. The molecule has 0 amide bonds. The first-order valence-electron chi connectivity index (χ1n) is 4.12. The molecule has 0 radical (unpaired) electrons. The van der Waals surface area contributed by atoms with Gasteiger partial charge in [-0.15, -0.1) is 0 Å². The third-order valence-electron chi connectivity index (χ3n) is 1.05. The van der Waals surface area contributed by atoms with Crippen molar-refractivity contribution in [3.8, 4) is 0 Å². The zero-order valence-electron chi connectivity index (χ0n) is 10.4. The molecule has 0 spiro atoms. The Morgan fingerprint density at radius 2 is 1.61 bits per heavy atom. The zero-order valence-corrected chi connectivity index (χ0v) is 14.1. The molecule has 0 bridgehead atoms. The summed E-state index contributed by atoms with van der Waals surface area (Å²) in [5, 5.41) is 0. The molecule has 1 heterocycles. The summed E-state index contributed by atoms with van der Waals surface area (Å²) in [4.78, 5) is 21.2. The number of hydrogen-bond donors (Lipinski definition) is 2. The van der Waals surface area contributed by atoms with E-state index >= 15 is 0 Å². The number of pyridine rings is 1. The van der Waals surface area contributed by atoms with E-state index in [4.69, 9.17) is 34.2 Å². The summed E-state index contributed by atoms with van der Waals surface area (Å²) in [6.45, 7) is 4.57. The first-order valence-corrected chi connectivity index (χ1v) is 9.75. The Bertz CT molecular complexity index is 265. The number of halogens is 2. The topological polar surface area (TPSA) is 108 Å². The molecule has 1 rings (SSSR count). The Kier molecular flexibility index (Phi) is 36.9. The van der Waals surface area contributed by atoms with E-state index in [9.17, 15) is 0 Å². The van der Waals surface area contributed by atoms with Crippen LogP contribution in [0.2, 0.25) is 0 Å². The number of nitrogens with zero attached hydrogens (tertiary/aromatic N) is 1. The summed E-state index contributed by atoms with van der Waals surface area (Å²) >= 11 is -0.472. The number of aryl methyl sites for hydroxylation is 1. The molecule has 0 aliphatic heterocycles. The summed E-state index contributed by atoms with van der Waals surface area (Å²) < 4.78 is 0. The number of rotatable bonds is 0. The van der Waals surface area contributed by atoms with Crippen molar-refractivity contribution in [1.29, 1.82) is 0 Å². The first-order chi connectivity index (χ1) is 8.05. The Labute approximate surface area is 124 Å². The molecule has 0 saturated carbocycles. The second-order valence-electron chi connectivity index (χ2n) is 2.16. The summed E-state index contributed by atoms with van der Waals surface area (Å²) in [5.41, 5.74) is 6.44. The second kappa shape index (κ2) is 25.4. The van der Waals surface area contributed by atoms with Crippen LogP contribution in [0.15, 0.2) is 18.3 Å². The third kappa shape index (κ3) is 29.6. The van der Waals surface area contributed by atoms with Crippen LogP contribution >= 0.6 is 18.8 Å². The van der Waals surface area contributed by atoms with Crippen LogP contribution in [0.1, 0.15) is 19.4 Å². The van der Waals surface area contributed by atoms with Crippen LogP contribution in [-0.2, 0) is 26.1 Å². The van der Waals surface area contributed by atoms with Crippen molar-refractivity contribution in [2.75, 3.05) is 5.73 Å². The van der Waals surface area contributed by atoms with Gasteiger partial charge in [0, 0.05) is 6.20 Å². The van der Waals surface area contributed by atoms with Gasteiger partial charge in [-0.2, -0.15) is 13.8 Å². The van der Waals surface area contributed by atoms with Gasteiger partial charge in [-0.1, -0.05) is 6.07 Å². The molecule has 1 aromatic rings. The molecular formula is C10H17Cl2N3O2Pt. The molecule has 5 nitrogen and oxygen atoms in total. The molecular weight excluding hydrogens is 460 g/mol. The van der Waals surface area contributed by atoms with Gasteiger partial charge in [0.1, 0.15) is 5.82 Å². The first kappa shape index (κ1) is 26.2. The predicted molar refractivity (Wildman–Crippen MR) is 72.8 cm³/mol. The van der Waals surface area contributed by atoms with Crippen molar-refractivity contribution in [3.63, 3.8) is 0 Å². The van der Waals surface area contributed by atoms with Gasteiger partial charge in [-0.3, -0.25) is 12.6 Å². The maximum absolute atomic E-state index is 8.68. The minimum absolute atomic E-state index is 0. The van der Waals surface area contributed by atoms with Crippen LogP contribution in [0.4, 0.5) is 5.82 Å². The van der Waals surface area contributed by atoms with Crippen molar-refractivity contribution >= 4 is 37.2 Å². The van der Waals surface area contributed by atoms with Gasteiger partial charge < -0.3 is 21.5 Å². The maximum atomic E-state index is 8.68. The van der Waals surface area contributed by atoms with E-state index in [2.05, 4.69) is 4.98 Å². The molecule has 18 heavy (non-hydrogen) atoms. The molecule has 1 aromatic heterocycles. The van der Waals surface area contributed by atoms with Crippen molar-refractivity contribution in [3.05, 3.63) is 23.9 Å². The van der Waals surface area contributed by atoms with E-state index in [0.717, 1.165) is 5.56 Å². The van der Waals surface area contributed by atoms with E-state index in [-0.39, 0.29) is 6.15 Å². The van der Waals surface area contributed by atoms with Gasteiger partial charge in [-0.25, -0.2) is 4.98 Å². The fourth-order valence-electron chi connectivity index (χ4n) is 0.498. The number of aromatic nitrogens is 1. The number of nitrogen functional groups attached to an aromatic ring is 1. The Morgan fingerprint density at radius 1 is 1.28 bits per heavy atom. The summed E-state index contributed by atoms with van der Waals surface area (Å²) in [6, 6.07) is 3.80. The molecule has 8 heteroatoms. The van der Waals surface area contributed by atoms with Crippen LogP contribution in [0.3, 0.4) is 0 Å². The van der Waals surface area contributed by atoms with Gasteiger partial charge in [0.15, 0.2) is 0 Å². The van der Waals surface area contributed by atoms with Crippen LogP contribution < -0.4 is 11.9 Å². The Balaban J connectivity index is -0.0000000840. The standard InChI is InChI=1S/C6H8N2.2C2H3O.2ClH.H3N.Pt/c1-5-3-2-4-8-6(5)7;2*1-2-3;;;;/h2-4H,1H3,(H2,7,8);2*1H3;2*1H;1H3;/q;2*-1;;;;+4/p-2. The van der Waals surface area contributed by atoms with Gasteiger partial charge in [0.25, 0.3) is 0 Å². The second-order valence-corrected chi connectivity index (χ2v) is 5.44. The number of hydrogen-bond acceptors (Lipinski definition) is 5. The predicted octanol–water partition coefficient (Wildman–Crippen LogP) is 2.74. The minimum atomic E-state index is -0.472. The van der Waals surface area contributed by atoms with Gasteiger partial charge in [0.2, 0.25) is 0 Å². The average Bonchev–Trinajstić information content (AvgIpc) is 2.26. The quantitative estimate of drug-likeness (QED) is 0.559.